The van der Waals surface area contributed by atoms with Gasteiger partial charge in [-0.05, 0) is 29.8 Å². The maximum atomic E-state index is 12.4. The molecule has 6 heteroatoms. The van der Waals surface area contributed by atoms with E-state index in [0.717, 1.165) is 11.3 Å². The lowest BCUT2D eigenvalue weighted by atomic mass is 10.2. The molecule has 0 aliphatic carbocycles. The Labute approximate surface area is 125 Å². The van der Waals surface area contributed by atoms with Gasteiger partial charge in [0.2, 0.25) is 0 Å². The van der Waals surface area contributed by atoms with Crippen LogP contribution >= 0.6 is 0 Å². The number of anilines is 2. The highest BCUT2D eigenvalue weighted by Crippen LogP contribution is 2.26. The summed E-state index contributed by atoms with van der Waals surface area (Å²) in [6.45, 7) is 0.386. The van der Waals surface area contributed by atoms with Gasteiger partial charge in [-0.25, -0.2) is 8.42 Å². The van der Waals surface area contributed by atoms with Gasteiger partial charge in [0.05, 0.1) is 16.3 Å². The van der Waals surface area contributed by atoms with E-state index in [1.165, 1.54) is 0 Å². The molecule has 0 heterocycles. The first-order valence-corrected chi connectivity index (χ1v) is 8.00. The van der Waals surface area contributed by atoms with E-state index in [9.17, 15) is 8.42 Å². The molecule has 0 saturated heterocycles. The lowest BCUT2D eigenvalue weighted by molar-refractivity contribution is 0.601. The van der Waals surface area contributed by atoms with Gasteiger partial charge >= 0.3 is 0 Å². The number of nitrogens with one attached hydrogen (secondary N) is 1. The number of hydrogen-bond acceptors (Lipinski definition) is 4. The van der Waals surface area contributed by atoms with Crippen LogP contribution in [0.15, 0.2) is 53.4 Å². The Kier molecular flexibility index (Phi) is 4.50. The van der Waals surface area contributed by atoms with Gasteiger partial charge < -0.3 is 10.6 Å². The molecule has 112 valence electrons. The summed E-state index contributed by atoms with van der Waals surface area (Å²) in [6, 6.07) is 13.8. The van der Waals surface area contributed by atoms with E-state index in [0.29, 0.717) is 12.2 Å². The standard InChI is InChI=1S/C15H19N3O2S/c1-18(2)15-6-4-3-5-14(15)17-21(19,20)13-9-7-12(11-16)8-10-13/h3-10,17H,11,16H2,1-2H3. The van der Waals surface area contributed by atoms with Crippen LogP contribution in [0.1, 0.15) is 5.56 Å². The second kappa shape index (κ2) is 6.15. The van der Waals surface area contributed by atoms with Gasteiger partial charge in [0.1, 0.15) is 0 Å². The molecular weight excluding hydrogens is 286 g/mol. The van der Waals surface area contributed by atoms with Crippen LogP contribution in [0.2, 0.25) is 0 Å². The molecule has 0 aliphatic heterocycles. The lowest BCUT2D eigenvalue weighted by Gasteiger charge is -2.18. The number of rotatable bonds is 5. The van der Waals surface area contributed by atoms with Crippen molar-refractivity contribution in [2.24, 2.45) is 5.73 Å². The van der Waals surface area contributed by atoms with Gasteiger partial charge in [0, 0.05) is 20.6 Å². The normalized spacial score (nSPS) is 11.2. The Morgan fingerprint density at radius 2 is 1.67 bits per heavy atom. The zero-order valence-electron chi connectivity index (χ0n) is 12.1. The Hall–Kier alpha value is -2.05. The molecular formula is C15H19N3O2S. The van der Waals surface area contributed by atoms with E-state index in [2.05, 4.69) is 4.72 Å². The Bertz CT molecular complexity index is 710. The predicted molar refractivity (Wildman–Crippen MR) is 85.9 cm³/mol. The van der Waals surface area contributed by atoms with Crippen molar-refractivity contribution in [3.05, 3.63) is 54.1 Å². The molecule has 0 unspecified atom stereocenters. The van der Waals surface area contributed by atoms with Crippen molar-refractivity contribution in [1.29, 1.82) is 0 Å². The minimum absolute atomic E-state index is 0.216. The summed E-state index contributed by atoms with van der Waals surface area (Å²) in [5.41, 5.74) is 7.76. The summed E-state index contributed by atoms with van der Waals surface area (Å²) in [4.78, 5) is 2.07. The molecule has 3 N–H and O–H groups in total. The zero-order valence-corrected chi connectivity index (χ0v) is 12.9. The summed E-state index contributed by atoms with van der Waals surface area (Å²) in [6.07, 6.45) is 0. The van der Waals surface area contributed by atoms with Gasteiger partial charge in [0.15, 0.2) is 0 Å². The maximum absolute atomic E-state index is 12.4. The number of nitrogens with zero attached hydrogens (tertiary/aromatic N) is 1. The fourth-order valence-corrected chi connectivity index (χ4v) is 3.03. The molecule has 0 aromatic heterocycles. The number of benzene rings is 2. The third kappa shape index (κ3) is 3.53. The zero-order chi connectivity index (χ0) is 15.5. The summed E-state index contributed by atoms with van der Waals surface area (Å²) in [5, 5.41) is 0. The smallest absolute Gasteiger partial charge is 0.261 e. The Morgan fingerprint density at radius 3 is 2.24 bits per heavy atom. The Morgan fingerprint density at radius 1 is 1.05 bits per heavy atom. The third-order valence-electron chi connectivity index (χ3n) is 3.10. The first-order chi connectivity index (χ1) is 9.94. The highest BCUT2D eigenvalue weighted by atomic mass is 32.2. The lowest BCUT2D eigenvalue weighted by Crippen LogP contribution is -2.17. The molecule has 0 fully saturated rings. The van der Waals surface area contributed by atoms with E-state index in [4.69, 9.17) is 5.73 Å². The van der Waals surface area contributed by atoms with Gasteiger partial charge in [-0.15, -0.1) is 0 Å². The van der Waals surface area contributed by atoms with Crippen LogP contribution in [0.3, 0.4) is 0 Å². The van der Waals surface area contributed by atoms with E-state index < -0.39 is 10.0 Å². The van der Waals surface area contributed by atoms with Gasteiger partial charge in [-0.2, -0.15) is 0 Å². The molecule has 0 bridgehead atoms. The van der Waals surface area contributed by atoms with Crippen LogP contribution in [0, 0.1) is 0 Å². The summed E-state index contributed by atoms with van der Waals surface area (Å²) in [7, 11) is 0.117. The highest BCUT2D eigenvalue weighted by Gasteiger charge is 2.16. The maximum Gasteiger partial charge on any atom is 0.261 e. The molecule has 0 atom stereocenters. The fraction of sp³-hybridized carbons (Fsp3) is 0.200. The second-order valence-corrected chi connectivity index (χ2v) is 6.55. The average Bonchev–Trinajstić information content (AvgIpc) is 2.47. The van der Waals surface area contributed by atoms with E-state index >= 15 is 0 Å². The van der Waals surface area contributed by atoms with Crippen molar-refractivity contribution in [1.82, 2.24) is 0 Å². The summed E-state index contributed by atoms with van der Waals surface area (Å²) in [5.74, 6) is 0. The van der Waals surface area contributed by atoms with Crippen LogP contribution in [-0.2, 0) is 16.6 Å². The van der Waals surface area contributed by atoms with Gasteiger partial charge in [0.25, 0.3) is 10.0 Å². The largest absolute Gasteiger partial charge is 0.376 e. The molecule has 21 heavy (non-hydrogen) atoms. The van der Waals surface area contributed by atoms with Crippen LogP contribution < -0.4 is 15.4 Å². The number of nitrogens with two attached hydrogens (primary N) is 1. The minimum atomic E-state index is -3.61. The molecule has 0 radical (unpaired) electrons. The minimum Gasteiger partial charge on any atom is -0.376 e. The molecule has 0 amide bonds. The SMILES string of the molecule is CN(C)c1ccccc1NS(=O)(=O)c1ccc(CN)cc1. The quantitative estimate of drug-likeness (QED) is 0.886. The molecule has 0 aliphatic rings. The molecule has 2 rings (SSSR count). The van der Waals surface area contributed by atoms with E-state index in [1.807, 2.05) is 31.1 Å². The van der Waals surface area contributed by atoms with Crippen molar-refractivity contribution in [3.63, 3.8) is 0 Å². The van der Waals surface area contributed by atoms with E-state index in [-0.39, 0.29) is 4.90 Å². The monoisotopic (exact) mass is 305 g/mol. The first-order valence-electron chi connectivity index (χ1n) is 6.52. The topological polar surface area (TPSA) is 75.4 Å². The van der Waals surface area contributed by atoms with Gasteiger partial charge in [-0.1, -0.05) is 24.3 Å². The average molecular weight is 305 g/mol. The van der Waals surface area contributed by atoms with Crippen LogP contribution in [0.4, 0.5) is 11.4 Å². The summed E-state index contributed by atoms with van der Waals surface area (Å²) < 4.78 is 27.5. The molecule has 2 aromatic rings. The van der Waals surface area contributed by atoms with Crippen LogP contribution in [-0.4, -0.2) is 22.5 Å². The Balaban J connectivity index is 2.33. The third-order valence-corrected chi connectivity index (χ3v) is 4.48. The molecule has 0 spiro atoms. The van der Waals surface area contributed by atoms with Crippen LogP contribution in [0.25, 0.3) is 0 Å². The number of para-hydroxylation sites is 2. The number of sulfonamides is 1. The summed E-state index contributed by atoms with van der Waals surface area (Å²) >= 11 is 0. The molecule has 5 nitrogen and oxygen atoms in total. The van der Waals surface area contributed by atoms with Crippen molar-refractivity contribution in [2.75, 3.05) is 23.7 Å². The van der Waals surface area contributed by atoms with Crippen molar-refractivity contribution >= 4 is 21.4 Å². The highest BCUT2D eigenvalue weighted by molar-refractivity contribution is 7.92. The van der Waals surface area contributed by atoms with Crippen molar-refractivity contribution in [3.8, 4) is 0 Å². The second-order valence-electron chi connectivity index (χ2n) is 4.87. The van der Waals surface area contributed by atoms with E-state index in [1.54, 1.807) is 36.4 Å². The fourth-order valence-electron chi connectivity index (χ4n) is 1.96. The first kappa shape index (κ1) is 15.3. The van der Waals surface area contributed by atoms with Crippen molar-refractivity contribution < 1.29 is 8.42 Å². The molecule has 2 aromatic carbocycles. The van der Waals surface area contributed by atoms with Crippen molar-refractivity contribution in [2.45, 2.75) is 11.4 Å². The van der Waals surface area contributed by atoms with Crippen LogP contribution in [0.5, 0.6) is 0 Å². The van der Waals surface area contributed by atoms with Gasteiger partial charge in [-0.3, -0.25) is 4.72 Å². The molecule has 0 saturated carbocycles. The predicted octanol–water partition coefficient (Wildman–Crippen LogP) is 2.01. The number of hydrogen-bond donors (Lipinski definition) is 2.